The predicted octanol–water partition coefficient (Wildman–Crippen LogP) is 2.04. The van der Waals surface area contributed by atoms with Crippen molar-refractivity contribution in [3.05, 3.63) is 41.8 Å². The molecule has 0 unspecified atom stereocenters. The van der Waals surface area contributed by atoms with Gasteiger partial charge in [-0.25, -0.2) is 19.9 Å². The molecule has 0 saturated carbocycles. The second-order valence-electron chi connectivity index (χ2n) is 4.09. The molecule has 0 amide bonds. The summed E-state index contributed by atoms with van der Waals surface area (Å²) in [6, 6.07) is 3.59. The van der Waals surface area contributed by atoms with E-state index in [2.05, 4.69) is 35.6 Å². The van der Waals surface area contributed by atoms with E-state index in [0.29, 0.717) is 18.3 Å². The Kier molecular flexibility index (Phi) is 3.97. The molecule has 0 aliphatic heterocycles. The van der Waals surface area contributed by atoms with Gasteiger partial charge in [0.25, 0.3) is 0 Å². The van der Waals surface area contributed by atoms with E-state index in [4.69, 9.17) is 0 Å². The molecule has 106 valence electrons. The summed E-state index contributed by atoms with van der Waals surface area (Å²) < 4.78 is 0. The fourth-order valence-corrected chi connectivity index (χ4v) is 2.42. The number of rotatable bonds is 5. The topological polar surface area (TPSA) is 88.5 Å². The van der Waals surface area contributed by atoms with Crippen molar-refractivity contribution in [1.82, 2.24) is 24.9 Å². The van der Waals surface area contributed by atoms with Crippen LogP contribution in [-0.4, -0.2) is 32.0 Å². The van der Waals surface area contributed by atoms with Gasteiger partial charge in [0.1, 0.15) is 5.82 Å². The fourth-order valence-electron chi connectivity index (χ4n) is 1.65. The molecule has 3 heterocycles. The minimum atomic E-state index is 0.552. The third-order valence-corrected chi connectivity index (χ3v) is 3.54. The van der Waals surface area contributed by atoms with E-state index in [0.717, 1.165) is 16.5 Å². The van der Waals surface area contributed by atoms with Gasteiger partial charge in [-0.3, -0.25) is 0 Å². The normalized spacial score (nSPS) is 10.3. The first-order valence-electron chi connectivity index (χ1n) is 6.31. The van der Waals surface area contributed by atoms with Crippen LogP contribution in [0.4, 0.5) is 11.8 Å². The highest BCUT2D eigenvalue weighted by Crippen LogP contribution is 2.19. The lowest BCUT2D eigenvalue weighted by atomic mass is 10.5. The summed E-state index contributed by atoms with van der Waals surface area (Å²) in [5.74, 6) is 1.97. The summed E-state index contributed by atoms with van der Waals surface area (Å²) in [4.78, 5) is 21.3. The molecule has 8 heteroatoms. The lowest BCUT2D eigenvalue weighted by molar-refractivity contribution is 1.01. The molecule has 7 nitrogen and oxygen atoms in total. The Morgan fingerprint density at radius 1 is 1.10 bits per heavy atom. The van der Waals surface area contributed by atoms with Crippen molar-refractivity contribution in [3.8, 4) is 10.8 Å². The van der Waals surface area contributed by atoms with E-state index in [1.165, 1.54) is 11.3 Å². The molecule has 2 N–H and O–H groups in total. The van der Waals surface area contributed by atoms with Gasteiger partial charge in [-0.1, -0.05) is 0 Å². The standard InChI is InChI=1S/C13H13N7S/c1-14-10-3-6-17-13(20-10)18-7-9-8-21-12(19-9)11-15-4-2-5-16-11/h2-6,8H,7H2,1H3,(H2,14,17,18,20). The van der Waals surface area contributed by atoms with Crippen LogP contribution in [0, 0.1) is 0 Å². The molecule has 3 aromatic heterocycles. The highest BCUT2D eigenvalue weighted by molar-refractivity contribution is 7.13. The molecule has 3 aromatic rings. The first kappa shape index (κ1) is 13.4. The Bertz CT molecular complexity index is 713. The van der Waals surface area contributed by atoms with Gasteiger partial charge in [0.05, 0.1) is 12.2 Å². The fraction of sp³-hybridized carbons (Fsp3) is 0.154. The minimum absolute atomic E-state index is 0.552. The van der Waals surface area contributed by atoms with Crippen molar-refractivity contribution >= 4 is 23.1 Å². The zero-order chi connectivity index (χ0) is 14.5. The molecule has 0 spiro atoms. The van der Waals surface area contributed by atoms with E-state index in [1.807, 2.05) is 12.4 Å². The van der Waals surface area contributed by atoms with Crippen molar-refractivity contribution in [2.24, 2.45) is 0 Å². The van der Waals surface area contributed by atoms with Crippen molar-refractivity contribution in [1.29, 1.82) is 0 Å². The monoisotopic (exact) mass is 299 g/mol. The van der Waals surface area contributed by atoms with Gasteiger partial charge in [-0.05, 0) is 12.1 Å². The van der Waals surface area contributed by atoms with Crippen LogP contribution >= 0.6 is 11.3 Å². The summed E-state index contributed by atoms with van der Waals surface area (Å²) in [5, 5.41) is 8.89. The van der Waals surface area contributed by atoms with Crippen LogP contribution in [0.2, 0.25) is 0 Å². The number of thiazole rings is 1. The minimum Gasteiger partial charge on any atom is -0.373 e. The van der Waals surface area contributed by atoms with Crippen molar-refractivity contribution in [3.63, 3.8) is 0 Å². The van der Waals surface area contributed by atoms with Crippen LogP contribution in [0.1, 0.15) is 5.69 Å². The number of nitrogens with one attached hydrogen (secondary N) is 2. The molecule has 0 atom stereocenters. The van der Waals surface area contributed by atoms with E-state index in [9.17, 15) is 0 Å². The number of anilines is 2. The van der Waals surface area contributed by atoms with Gasteiger partial charge in [0, 0.05) is 31.0 Å². The zero-order valence-electron chi connectivity index (χ0n) is 11.3. The summed E-state index contributed by atoms with van der Waals surface area (Å²) in [5.41, 5.74) is 0.904. The summed E-state index contributed by atoms with van der Waals surface area (Å²) in [6.45, 7) is 0.552. The van der Waals surface area contributed by atoms with Crippen molar-refractivity contribution in [2.75, 3.05) is 17.7 Å². The lowest BCUT2D eigenvalue weighted by Crippen LogP contribution is -2.05. The Hall–Kier alpha value is -2.61. The molecule has 0 radical (unpaired) electrons. The SMILES string of the molecule is CNc1ccnc(NCc2csc(-c3ncccn3)n2)n1. The maximum Gasteiger partial charge on any atom is 0.224 e. The maximum absolute atomic E-state index is 4.50. The highest BCUT2D eigenvalue weighted by atomic mass is 32.1. The molecule has 0 aliphatic carbocycles. The van der Waals surface area contributed by atoms with E-state index >= 15 is 0 Å². The average molecular weight is 299 g/mol. The Morgan fingerprint density at radius 3 is 2.76 bits per heavy atom. The largest absolute Gasteiger partial charge is 0.373 e. The van der Waals surface area contributed by atoms with Gasteiger partial charge < -0.3 is 10.6 Å². The van der Waals surface area contributed by atoms with Crippen LogP contribution in [0.3, 0.4) is 0 Å². The van der Waals surface area contributed by atoms with E-state index in [1.54, 1.807) is 30.7 Å². The van der Waals surface area contributed by atoms with Crippen LogP contribution in [0.25, 0.3) is 10.8 Å². The first-order chi connectivity index (χ1) is 10.3. The van der Waals surface area contributed by atoms with Crippen LogP contribution in [-0.2, 0) is 6.54 Å². The molecule has 3 rings (SSSR count). The van der Waals surface area contributed by atoms with Crippen LogP contribution in [0.5, 0.6) is 0 Å². The van der Waals surface area contributed by atoms with Crippen molar-refractivity contribution in [2.45, 2.75) is 6.54 Å². The van der Waals surface area contributed by atoms with Gasteiger partial charge in [0.2, 0.25) is 5.95 Å². The van der Waals surface area contributed by atoms with E-state index in [-0.39, 0.29) is 0 Å². The molecule has 0 bridgehead atoms. The summed E-state index contributed by atoms with van der Waals surface area (Å²) in [7, 11) is 1.82. The number of aromatic nitrogens is 5. The third-order valence-electron chi connectivity index (χ3n) is 2.65. The average Bonchev–Trinajstić information content (AvgIpc) is 3.03. The molecular weight excluding hydrogens is 286 g/mol. The smallest absolute Gasteiger partial charge is 0.224 e. The molecule has 0 aliphatic rings. The number of hydrogen-bond acceptors (Lipinski definition) is 8. The molecular formula is C13H13N7S. The number of hydrogen-bond donors (Lipinski definition) is 2. The Balaban J connectivity index is 1.67. The number of nitrogens with zero attached hydrogens (tertiary/aromatic N) is 5. The Labute approximate surface area is 125 Å². The van der Waals surface area contributed by atoms with Gasteiger partial charge >= 0.3 is 0 Å². The maximum atomic E-state index is 4.50. The molecule has 21 heavy (non-hydrogen) atoms. The van der Waals surface area contributed by atoms with Gasteiger partial charge in [-0.2, -0.15) is 4.98 Å². The quantitative estimate of drug-likeness (QED) is 0.745. The Morgan fingerprint density at radius 2 is 1.95 bits per heavy atom. The molecule has 0 fully saturated rings. The predicted molar refractivity (Wildman–Crippen MR) is 82.0 cm³/mol. The summed E-state index contributed by atoms with van der Waals surface area (Å²) >= 11 is 1.52. The second-order valence-corrected chi connectivity index (χ2v) is 4.94. The second kappa shape index (κ2) is 6.23. The zero-order valence-corrected chi connectivity index (χ0v) is 12.1. The first-order valence-corrected chi connectivity index (χ1v) is 7.19. The molecule has 0 saturated heterocycles. The summed E-state index contributed by atoms with van der Waals surface area (Å²) in [6.07, 6.45) is 5.11. The lowest BCUT2D eigenvalue weighted by Gasteiger charge is -2.04. The van der Waals surface area contributed by atoms with Crippen LogP contribution in [0.15, 0.2) is 36.1 Å². The van der Waals surface area contributed by atoms with Crippen molar-refractivity contribution < 1.29 is 0 Å². The highest BCUT2D eigenvalue weighted by Gasteiger charge is 2.07. The molecule has 0 aromatic carbocycles. The third kappa shape index (κ3) is 3.29. The van der Waals surface area contributed by atoms with E-state index < -0.39 is 0 Å². The van der Waals surface area contributed by atoms with Gasteiger partial charge in [-0.15, -0.1) is 11.3 Å². The van der Waals surface area contributed by atoms with Gasteiger partial charge in [0.15, 0.2) is 10.8 Å². The van der Waals surface area contributed by atoms with Crippen LogP contribution < -0.4 is 10.6 Å².